The molecule has 0 N–H and O–H groups in total. The highest BCUT2D eigenvalue weighted by atomic mass is 15.2. The summed E-state index contributed by atoms with van der Waals surface area (Å²) in [6.07, 6.45) is 7.84. The number of aryl methyl sites for hydroxylation is 1. The van der Waals surface area contributed by atoms with Gasteiger partial charge in [0.15, 0.2) is 0 Å². The number of rotatable bonds is 7. The van der Waals surface area contributed by atoms with Crippen LogP contribution in [0.15, 0.2) is 35.9 Å². The molecule has 1 aliphatic heterocycles. The molecule has 0 saturated carbocycles. The Kier molecular flexibility index (Phi) is 7.52. The summed E-state index contributed by atoms with van der Waals surface area (Å²) in [6, 6.07) is 9.71. The molecule has 0 aromatic heterocycles. The molecule has 1 fully saturated rings. The van der Waals surface area contributed by atoms with E-state index in [0.29, 0.717) is 6.04 Å². The van der Waals surface area contributed by atoms with Gasteiger partial charge in [-0.3, -0.25) is 4.90 Å². The molecule has 1 nitrogen and oxygen atoms in total. The summed E-state index contributed by atoms with van der Waals surface area (Å²) in [5, 5.41) is 0. The van der Waals surface area contributed by atoms with Crippen LogP contribution in [0.25, 0.3) is 0 Å². The van der Waals surface area contributed by atoms with Crippen LogP contribution < -0.4 is 0 Å². The van der Waals surface area contributed by atoms with E-state index in [4.69, 9.17) is 0 Å². The highest BCUT2D eigenvalue weighted by Gasteiger charge is 2.30. The maximum atomic E-state index is 2.75. The molecular formula is C25H41N. The average Bonchev–Trinajstić information content (AvgIpc) is 2.54. The van der Waals surface area contributed by atoms with Crippen molar-refractivity contribution >= 4 is 0 Å². The molecule has 146 valence electrons. The standard InChI is InChI=1S/C25H41N/c1-19(2)16-22-12-14-26(15-13-22)24(17-20(3)4)18-25(6,7)23-10-8-21(5)9-11-23/h8-11,17,19,22,24H,12-16,18H2,1-7H3. The van der Waals surface area contributed by atoms with E-state index in [1.807, 2.05) is 0 Å². The quantitative estimate of drug-likeness (QED) is 0.489. The second-order valence-corrected chi connectivity index (χ2v) is 9.87. The third-order valence-corrected chi connectivity index (χ3v) is 6.00. The van der Waals surface area contributed by atoms with Crippen molar-refractivity contribution in [2.75, 3.05) is 13.1 Å². The zero-order chi connectivity index (χ0) is 19.3. The van der Waals surface area contributed by atoms with Gasteiger partial charge in [0.1, 0.15) is 0 Å². The van der Waals surface area contributed by atoms with Gasteiger partial charge in [0.05, 0.1) is 0 Å². The lowest BCUT2D eigenvalue weighted by molar-refractivity contribution is 0.128. The van der Waals surface area contributed by atoms with Gasteiger partial charge < -0.3 is 0 Å². The fraction of sp³-hybridized carbons (Fsp3) is 0.680. The molecule has 0 aliphatic carbocycles. The molecule has 1 unspecified atom stereocenters. The Bertz CT molecular complexity index is 567. The fourth-order valence-electron chi connectivity index (χ4n) is 4.51. The smallest absolute Gasteiger partial charge is 0.0288 e. The van der Waals surface area contributed by atoms with E-state index in [2.05, 4.69) is 83.7 Å². The van der Waals surface area contributed by atoms with E-state index in [1.165, 1.54) is 55.5 Å². The second-order valence-electron chi connectivity index (χ2n) is 9.87. The van der Waals surface area contributed by atoms with Gasteiger partial charge in [-0.25, -0.2) is 0 Å². The Hall–Kier alpha value is -1.08. The third kappa shape index (κ3) is 6.27. The Balaban J connectivity index is 2.08. The molecule has 0 spiro atoms. The number of allylic oxidation sites excluding steroid dienone is 1. The van der Waals surface area contributed by atoms with Crippen LogP contribution in [0.5, 0.6) is 0 Å². The van der Waals surface area contributed by atoms with Gasteiger partial charge in [0.25, 0.3) is 0 Å². The molecule has 1 atom stereocenters. The van der Waals surface area contributed by atoms with Crippen molar-refractivity contribution in [2.24, 2.45) is 11.8 Å². The number of hydrogen-bond donors (Lipinski definition) is 0. The Morgan fingerprint density at radius 1 is 1.12 bits per heavy atom. The van der Waals surface area contributed by atoms with Gasteiger partial charge in [-0.05, 0) is 82.4 Å². The number of benzene rings is 1. The monoisotopic (exact) mass is 355 g/mol. The second kappa shape index (κ2) is 9.22. The summed E-state index contributed by atoms with van der Waals surface area (Å²) >= 11 is 0. The van der Waals surface area contributed by atoms with E-state index < -0.39 is 0 Å². The van der Waals surface area contributed by atoms with Gasteiger partial charge in [-0.2, -0.15) is 0 Å². The number of hydrogen-bond acceptors (Lipinski definition) is 1. The predicted molar refractivity (Wildman–Crippen MR) is 116 cm³/mol. The molecule has 0 amide bonds. The third-order valence-electron chi connectivity index (χ3n) is 6.00. The number of nitrogens with zero attached hydrogens (tertiary/aromatic N) is 1. The minimum Gasteiger partial charge on any atom is -0.297 e. The summed E-state index contributed by atoms with van der Waals surface area (Å²) in [4.78, 5) is 2.75. The molecule has 26 heavy (non-hydrogen) atoms. The largest absolute Gasteiger partial charge is 0.297 e. The number of likely N-dealkylation sites (tertiary alicyclic amines) is 1. The van der Waals surface area contributed by atoms with Gasteiger partial charge in [0, 0.05) is 6.04 Å². The minimum absolute atomic E-state index is 0.194. The molecule has 1 heteroatoms. The molecule has 2 rings (SSSR count). The average molecular weight is 356 g/mol. The SMILES string of the molecule is CC(C)=CC(CC(C)(C)c1ccc(C)cc1)N1CCC(CC(C)C)CC1. The van der Waals surface area contributed by atoms with Crippen molar-refractivity contribution in [3.63, 3.8) is 0 Å². The van der Waals surface area contributed by atoms with Crippen molar-refractivity contribution in [2.45, 2.75) is 85.6 Å². The van der Waals surface area contributed by atoms with Crippen LogP contribution in [0.2, 0.25) is 0 Å². The topological polar surface area (TPSA) is 3.24 Å². The van der Waals surface area contributed by atoms with Crippen LogP contribution in [0.1, 0.15) is 78.4 Å². The molecular weight excluding hydrogens is 314 g/mol. The lowest BCUT2D eigenvalue weighted by Crippen LogP contribution is -2.43. The highest BCUT2D eigenvalue weighted by molar-refractivity contribution is 5.28. The Labute approximate surface area is 162 Å². The summed E-state index contributed by atoms with van der Waals surface area (Å²) in [6.45, 7) is 18.7. The summed E-state index contributed by atoms with van der Waals surface area (Å²) in [5.41, 5.74) is 4.45. The summed E-state index contributed by atoms with van der Waals surface area (Å²) in [7, 11) is 0. The molecule has 1 aromatic rings. The van der Waals surface area contributed by atoms with Crippen molar-refractivity contribution in [1.82, 2.24) is 4.90 Å². The lowest BCUT2D eigenvalue weighted by Gasteiger charge is -2.40. The molecule has 0 bridgehead atoms. The van der Waals surface area contributed by atoms with Gasteiger partial charge in [-0.1, -0.05) is 69.2 Å². The van der Waals surface area contributed by atoms with Crippen LogP contribution in [0, 0.1) is 18.8 Å². The predicted octanol–water partition coefficient (Wildman–Crippen LogP) is 6.76. The van der Waals surface area contributed by atoms with E-state index in [1.54, 1.807) is 0 Å². The van der Waals surface area contributed by atoms with Gasteiger partial charge >= 0.3 is 0 Å². The lowest BCUT2D eigenvalue weighted by atomic mass is 9.77. The van der Waals surface area contributed by atoms with E-state index in [-0.39, 0.29) is 5.41 Å². The maximum absolute atomic E-state index is 2.75. The van der Waals surface area contributed by atoms with Crippen LogP contribution in [-0.4, -0.2) is 24.0 Å². The first-order valence-corrected chi connectivity index (χ1v) is 10.6. The molecule has 1 aromatic carbocycles. The first-order chi connectivity index (χ1) is 12.2. The van der Waals surface area contributed by atoms with Gasteiger partial charge in [-0.15, -0.1) is 0 Å². The van der Waals surface area contributed by atoms with Crippen molar-refractivity contribution in [1.29, 1.82) is 0 Å². The number of piperidine rings is 1. The summed E-state index contributed by atoms with van der Waals surface area (Å²) in [5.74, 6) is 1.77. The normalized spacial score (nSPS) is 18.2. The Morgan fingerprint density at radius 2 is 1.69 bits per heavy atom. The maximum Gasteiger partial charge on any atom is 0.0288 e. The Morgan fingerprint density at radius 3 is 2.19 bits per heavy atom. The minimum atomic E-state index is 0.194. The molecule has 1 saturated heterocycles. The van der Waals surface area contributed by atoms with Crippen molar-refractivity contribution in [3.8, 4) is 0 Å². The van der Waals surface area contributed by atoms with E-state index in [9.17, 15) is 0 Å². The summed E-state index contributed by atoms with van der Waals surface area (Å²) < 4.78 is 0. The van der Waals surface area contributed by atoms with Crippen molar-refractivity contribution < 1.29 is 0 Å². The zero-order valence-corrected chi connectivity index (χ0v) is 18.3. The first kappa shape index (κ1) is 21.2. The van der Waals surface area contributed by atoms with Crippen molar-refractivity contribution in [3.05, 3.63) is 47.0 Å². The molecule has 1 aliphatic rings. The highest BCUT2D eigenvalue weighted by Crippen LogP contribution is 2.33. The zero-order valence-electron chi connectivity index (χ0n) is 18.3. The molecule has 1 heterocycles. The van der Waals surface area contributed by atoms with Crippen LogP contribution >= 0.6 is 0 Å². The van der Waals surface area contributed by atoms with Crippen LogP contribution in [0.3, 0.4) is 0 Å². The molecule has 0 radical (unpaired) electrons. The fourth-order valence-corrected chi connectivity index (χ4v) is 4.51. The van der Waals surface area contributed by atoms with Crippen LogP contribution in [0.4, 0.5) is 0 Å². The van der Waals surface area contributed by atoms with E-state index in [0.717, 1.165) is 11.8 Å². The first-order valence-electron chi connectivity index (χ1n) is 10.6. The van der Waals surface area contributed by atoms with E-state index >= 15 is 0 Å². The van der Waals surface area contributed by atoms with Crippen LogP contribution in [-0.2, 0) is 5.41 Å². The van der Waals surface area contributed by atoms with Gasteiger partial charge in [0.2, 0.25) is 0 Å².